The largest absolute Gasteiger partial charge is 0.381 e. The molecule has 1 aliphatic carbocycles. The van der Waals surface area contributed by atoms with Crippen LogP contribution in [0, 0.1) is 0 Å². The van der Waals surface area contributed by atoms with Crippen molar-refractivity contribution in [2.45, 2.75) is 38.1 Å². The average molecular weight is 370 g/mol. The van der Waals surface area contributed by atoms with Gasteiger partial charge in [0.15, 0.2) is 0 Å². The van der Waals surface area contributed by atoms with Gasteiger partial charge in [-0.05, 0) is 37.1 Å². The molecule has 28 heavy (non-hydrogen) atoms. The van der Waals surface area contributed by atoms with Gasteiger partial charge in [-0.3, -0.25) is 20.1 Å². The van der Waals surface area contributed by atoms with E-state index in [4.69, 9.17) is 0 Å². The summed E-state index contributed by atoms with van der Waals surface area (Å²) in [6.45, 7) is 0. The molecule has 0 saturated heterocycles. The Hall–Kier alpha value is -3.28. The molecular formula is C22H22N6. The number of H-pyrrole nitrogens is 1. The quantitative estimate of drug-likeness (QED) is 0.538. The van der Waals surface area contributed by atoms with E-state index in [1.807, 2.05) is 36.9 Å². The molecule has 6 nitrogen and oxygen atoms in total. The molecule has 4 aromatic heterocycles. The lowest BCUT2D eigenvalue weighted by atomic mass is 9.95. The molecule has 0 unspecified atom stereocenters. The Labute approximate surface area is 163 Å². The predicted molar refractivity (Wildman–Crippen MR) is 111 cm³/mol. The van der Waals surface area contributed by atoms with Crippen LogP contribution in [-0.2, 0) is 0 Å². The van der Waals surface area contributed by atoms with Gasteiger partial charge in [-0.15, -0.1) is 0 Å². The molecule has 5 rings (SSSR count). The van der Waals surface area contributed by atoms with Gasteiger partial charge in [0.05, 0.1) is 23.1 Å². The molecule has 0 amide bonds. The number of hydrogen-bond donors (Lipinski definition) is 2. The van der Waals surface area contributed by atoms with E-state index in [0.717, 1.165) is 39.1 Å². The summed E-state index contributed by atoms with van der Waals surface area (Å²) in [5.74, 6) is 0. The summed E-state index contributed by atoms with van der Waals surface area (Å²) >= 11 is 0. The number of nitrogens with one attached hydrogen (secondary N) is 2. The van der Waals surface area contributed by atoms with Gasteiger partial charge in [0.2, 0.25) is 0 Å². The Bertz CT molecular complexity index is 1080. The molecule has 0 aromatic carbocycles. The Morgan fingerprint density at radius 3 is 2.68 bits per heavy atom. The van der Waals surface area contributed by atoms with Crippen molar-refractivity contribution < 1.29 is 0 Å². The third-order valence-electron chi connectivity index (χ3n) is 5.39. The fourth-order valence-corrected chi connectivity index (χ4v) is 3.94. The summed E-state index contributed by atoms with van der Waals surface area (Å²) in [7, 11) is 0. The van der Waals surface area contributed by atoms with Gasteiger partial charge >= 0.3 is 0 Å². The van der Waals surface area contributed by atoms with E-state index in [9.17, 15) is 0 Å². The number of pyridine rings is 3. The highest BCUT2D eigenvalue weighted by atomic mass is 15.1. The molecular weight excluding hydrogens is 348 g/mol. The molecule has 1 saturated carbocycles. The molecule has 2 N–H and O–H groups in total. The first kappa shape index (κ1) is 16.9. The number of aromatic nitrogens is 5. The number of hydrogen-bond acceptors (Lipinski definition) is 5. The lowest BCUT2D eigenvalue weighted by Gasteiger charge is -2.23. The van der Waals surface area contributed by atoms with E-state index in [2.05, 4.69) is 42.6 Å². The topological polar surface area (TPSA) is 79.4 Å². The standard InChI is InChI=1S/C22H22N6/c1-2-6-17(7-3-1)26-18-9-16(12-24-13-18)22-19-10-20(15-5-4-8-23-11-15)25-14-21(19)27-28-22/h4-5,8-14,17,26H,1-3,6-7H2,(H,27,28). The van der Waals surface area contributed by atoms with Gasteiger partial charge in [-0.25, -0.2) is 0 Å². The Balaban J connectivity index is 1.49. The van der Waals surface area contributed by atoms with Crippen LogP contribution in [0.5, 0.6) is 0 Å². The smallest absolute Gasteiger partial charge is 0.102 e. The number of rotatable bonds is 4. The van der Waals surface area contributed by atoms with Crippen molar-refractivity contribution in [1.29, 1.82) is 0 Å². The molecule has 1 fully saturated rings. The lowest BCUT2D eigenvalue weighted by Crippen LogP contribution is -2.22. The maximum absolute atomic E-state index is 4.54. The van der Waals surface area contributed by atoms with Crippen molar-refractivity contribution in [3.05, 3.63) is 55.2 Å². The van der Waals surface area contributed by atoms with Crippen molar-refractivity contribution in [2.75, 3.05) is 5.32 Å². The van der Waals surface area contributed by atoms with Gasteiger partial charge in [0.1, 0.15) is 5.69 Å². The van der Waals surface area contributed by atoms with E-state index >= 15 is 0 Å². The number of nitrogens with zero attached hydrogens (tertiary/aromatic N) is 4. The zero-order chi connectivity index (χ0) is 18.8. The van der Waals surface area contributed by atoms with Crippen molar-refractivity contribution >= 4 is 16.6 Å². The molecule has 140 valence electrons. The number of fused-ring (bicyclic) bond motifs is 1. The van der Waals surface area contributed by atoms with Gasteiger partial charge in [-0.1, -0.05) is 19.3 Å². The van der Waals surface area contributed by atoms with Crippen molar-refractivity contribution in [1.82, 2.24) is 25.1 Å². The van der Waals surface area contributed by atoms with Crippen molar-refractivity contribution in [2.24, 2.45) is 0 Å². The minimum Gasteiger partial charge on any atom is -0.381 e. The molecule has 1 aliphatic rings. The average Bonchev–Trinajstić information content (AvgIpc) is 3.19. The van der Waals surface area contributed by atoms with E-state index < -0.39 is 0 Å². The first-order valence-electron chi connectivity index (χ1n) is 9.83. The van der Waals surface area contributed by atoms with Crippen LogP contribution in [0.1, 0.15) is 32.1 Å². The predicted octanol–water partition coefficient (Wildman–Crippen LogP) is 4.83. The van der Waals surface area contributed by atoms with Crippen LogP contribution >= 0.6 is 0 Å². The summed E-state index contributed by atoms with van der Waals surface area (Å²) in [6, 6.07) is 8.68. The fourth-order valence-electron chi connectivity index (χ4n) is 3.94. The Kier molecular flexibility index (Phi) is 4.45. The minimum absolute atomic E-state index is 0.545. The maximum atomic E-state index is 4.54. The fraction of sp³-hybridized carbons (Fsp3) is 0.273. The van der Waals surface area contributed by atoms with Gasteiger partial charge in [0.25, 0.3) is 0 Å². The van der Waals surface area contributed by atoms with Crippen molar-refractivity contribution in [3.8, 4) is 22.5 Å². The van der Waals surface area contributed by atoms with Crippen LogP contribution in [-0.4, -0.2) is 31.2 Å². The SMILES string of the molecule is c1cncc(-c2cc3c(-c4cncc(NC5CCCCC5)c4)n[nH]c3cn2)c1. The molecule has 0 spiro atoms. The summed E-state index contributed by atoms with van der Waals surface area (Å²) in [5, 5.41) is 12.3. The summed E-state index contributed by atoms with van der Waals surface area (Å²) < 4.78 is 0. The van der Waals surface area contributed by atoms with Crippen LogP contribution in [0.3, 0.4) is 0 Å². The zero-order valence-electron chi connectivity index (χ0n) is 15.6. The lowest BCUT2D eigenvalue weighted by molar-refractivity contribution is 0.462. The van der Waals surface area contributed by atoms with Gasteiger partial charge in [-0.2, -0.15) is 5.10 Å². The maximum Gasteiger partial charge on any atom is 0.102 e. The molecule has 4 aromatic rings. The first-order valence-corrected chi connectivity index (χ1v) is 9.83. The minimum atomic E-state index is 0.545. The van der Waals surface area contributed by atoms with Crippen LogP contribution in [0.15, 0.2) is 55.2 Å². The highest BCUT2D eigenvalue weighted by Gasteiger charge is 2.15. The van der Waals surface area contributed by atoms with Crippen LogP contribution in [0.4, 0.5) is 5.69 Å². The Morgan fingerprint density at radius 1 is 0.929 bits per heavy atom. The summed E-state index contributed by atoms with van der Waals surface area (Å²) in [4.78, 5) is 13.2. The molecule has 0 atom stereocenters. The highest BCUT2D eigenvalue weighted by molar-refractivity contribution is 5.94. The third kappa shape index (κ3) is 3.33. The summed E-state index contributed by atoms with van der Waals surface area (Å²) in [6.07, 6.45) is 15.6. The van der Waals surface area contributed by atoms with Crippen molar-refractivity contribution in [3.63, 3.8) is 0 Å². The second kappa shape index (κ2) is 7.38. The molecule has 6 heteroatoms. The van der Waals surface area contributed by atoms with Gasteiger partial charge < -0.3 is 5.32 Å². The van der Waals surface area contributed by atoms with Crippen LogP contribution in [0.25, 0.3) is 33.4 Å². The number of aromatic amines is 1. The molecule has 0 aliphatic heterocycles. The highest BCUT2D eigenvalue weighted by Crippen LogP contribution is 2.30. The first-order chi connectivity index (χ1) is 13.9. The Morgan fingerprint density at radius 2 is 1.82 bits per heavy atom. The second-order valence-electron chi connectivity index (χ2n) is 7.37. The third-order valence-corrected chi connectivity index (χ3v) is 5.39. The number of anilines is 1. The molecule has 0 bridgehead atoms. The van der Waals surface area contributed by atoms with Gasteiger partial charge in [0, 0.05) is 47.3 Å². The van der Waals surface area contributed by atoms with Crippen LogP contribution < -0.4 is 5.32 Å². The molecule has 4 heterocycles. The van der Waals surface area contributed by atoms with E-state index in [0.29, 0.717) is 6.04 Å². The van der Waals surface area contributed by atoms with E-state index in [1.54, 1.807) is 6.20 Å². The normalized spacial score (nSPS) is 15.0. The van der Waals surface area contributed by atoms with E-state index in [1.165, 1.54) is 32.1 Å². The van der Waals surface area contributed by atoms with Crippen LogP contribution in [0.2, 0.25) is 0 Å². The second-order valence-corrected chi connectivity index (χ2v) is 7.37. The van der Waals surface area contributed by atoms with E-state index in [-0.39, 0.29) is 0 Å². The zero-order valence-corrected chi connectivity index (χ0v) is 15.6. The summed E-state index contributed by atoms with van der Waals surface area (Å²) in [5.41, 5.74) is 5.73. The monoisotopic (exact) mass is 370 g/mol. The molecule has 0 radical (unpaired) electrons.